The summed E-state index contributed by atoms with van der Waals surface area (Å²) >= 11 is 0. The standard InChI is InChI=1S/C12H12FNO4/c13-8-3-1-7(2-4-8)5-9-11(12(16)17)14-10(15)6-18-9/h1-4,9,11H,5-6H2,(H,14,15)(H,16,17). The number of hydrogen-bond acceptors (Lipinski definition) is 3. The zero-order valence-corrected chi connectivity index (χ0v) is 9.43. The van der Waals surface area contributed by atoms with Gasteiger partial charge in [-0.05, 0) is 17.7 Å². The van der Waals surface area contributed by atoms with Crippen molar-refractivity contribution in [3.05, 3.63) is 35.6 Å². The highest BCUT2D eigenvalue weighted by Crippen LogP contribution is 2.13. The number of halogens is 1. The summed E-state index contributed by atoms with van der Waals surface area (Å²) in [6.07, 6.45) is -0.344. The SMILES string of the molecule is O=C1COC(Cc2ccc(F)cc2)C(C(=O)O)N1. The summed E-state index contributed by atoms with van der Waals surface area (Å²) in [6.45, 7) is -0.157. The number of benzene rings is 1. The molecular formula is C12H12FNO4. The molecule has 18 heavy (non-hydrogen) atoms. The van der Waals surface area contributed by atoms with Gasteiger partial charge in [-0.1, -0.05) is 12.1 Å². The van der Waals surface area contributed by atoms with Crippen molar-refractivity contribution in [1.29, 1.82) is 0 Å². The number of ether oxygens (including phenoxy) is 1. The topological polar surface area (TPSA) is 75.6 Å². The van der Waals surface area contributed by atoms with Gasteiger partial charge in [-0.3, -0.25) is 4.79 Å². The van der Waals surface area contributed by atoms with Crippen molar-refractivity contribution in [1.82, 2.24) is 5.32 Å². The maximum Gasteiger partial charge on any atom is 0.328 e. The Balaban J connectivity index is 2.09. The lowest BCUT2D eigenvalue weighted by atomic mass is 10.0. The molecule has 0 bridgehead atoms. The summed E-state index contributed by atoms with van der Waals surface area (Å²) < 4.78 is 18.0. The van der Waals surface area contributed by atoms with E-state index < -0.39 is 24.0 Å². The van der Waals surface area contributed by atoms with Gasteiger partial charge in [-0.2, -0.15) is 0 Å². The third-order valence-electron chi connectivity index (χ3n) is 2.73. The molecule has 2 atom stereocenters. The van der Waals surface area contributed by atoms with E-state index in [0.717, 1.165) is 5.56 Å². The Kier molecular flexibility index (Phi) is 3.57. The second-order valence-electron chi connectivity index (χ2n) is 4.06. The molecule has 1 saturated heterocycles. The second kappa shape index (κ2) is 5.14. The van der Waals surface area contributed by atoms with Crippen LogP contribution in [0.1, 0.15) is 5.56 Å². The number of hydrogen-bond donors (Lipinski definition) is 2. The number of carboxylic acids is 1. The molecule has 0 saturated carbocycles. The van der Waals surface area contributed by atoms with E-state index in [4.69, 9.17) is 9.84 Å². The lowest BCUT2D eigenvalue weighted by Crippen LogP contribution is -2.56. The molecular weight excluding hydrogens is 241 g/mol. The van der Waals surface area contributed by atoms with Crippen LogP contribution in [0.2, 0.25) is 0 Å². The van der Waals surface area contributed by atoms with Crippen LogP contribution in [0.15, 0.2) is 24.3 Å². The Morgan fingerprint density at radius 2 is 2.11 bits per heavy atom. The number of rotatable bonds is 3. The molecule has 1 aromatic rings. The van der Waals surface area contributed by atoms with E-state index in [0.29, 0.717) is 6.42 Å². The lowest BCUT2D eigenvalue weighted by molar-refractivity contribution is -0.154. The van der Waals surface area contributed by atoms with E-state index in [9.17, 15) is 14.0 Å². The molecule has 6 heteroatoms. The molecule has 1 fully saturated rings. The molecule has 0 radical (unpaired) electrons. The van der Waals surface area contributed by atoms with Gasteiger partial charge in [-0.25, -0.2) is 9.18 Å². The Morgan fingerprint density at radius 1 is 1.44 bits per heavy atom. The van der Waals surface area contributed by atoms with Crippen molar-refractivity contribution < 1.29 is 23.8 Å². The summed E-state index contributed by atoms with van der Waals surface area (Å²) in [6, 6.07) is 4.65. The van der Waals surface area contributed by atoms with Gasteiger partial charge in [-0.15, -0.1) is 0 Å². The van der Waals surface area contributed by atoms with E-state index in [1.165, 1.54) is 12.1 Å². The largest absolute Gasteiger partial charge is 0.480 e. The first-order valence-corrected chi connectivity index (χ1v) is 5.44. The molecule has 1 aromatic carbocycles. The third kappa shape index (κ3) is 2.84. The minimum Gasteiger partial charge on any atom is -0.480 e. The fraction of sp³-hybridized carbons (Fsp3) is 0.333. The minimum atomic E-state index is -1.14. The molecule has 5 nitrogen and oxygen atoms in total. The summed E-state index contributed by atoms with van der Waals surface area (Å²) in [5, 5.41) is 11.4. The van der Waals surface area contributed by atoms with E-state index in [1.54, 1.807) is 12.1 Å². The van der Waals surface area contributed by atoms with Crippen LogP contribution >= 0.6 is 0 Å². The van der Waals surface area contributed by atoms with Crippen molar-refractivity contribution in [2.75, 3.05) is 6.61 Å². The Morgan fingerprint density at radius 3 is 2.72 bits per heavy atom. The predicted molar refractivity (Wildman–Crippen MR) is 59.4 cm³/mol. The number of carbonyl (C=O) groups excluding carboxylic acids is 1. The molecule has 2 rings (SSSR count). The predicted octanol–water partition coefficient (Wildman–Crippen LogP) is 0.336. The average molecular weight is 253 g/mol. The molecule has 1 heterocycles. The van der Waals surface area contributed by atoms with Gasteiger partial charge < -0.3 is 15.2 Å². The Bertz CT molecular complexity index is 460. The summed E-state index contributed by atoms with van der Waals surface area (Å²) in [5.74, 6) is -1.95. The number of morpholine rings is 1. The Labute approximate surface area is 103 Å². The Hall–Kier alpha value is -1.95. The van der Waals surface area contributed by atoms with Crippen molar-refractivity contribution in [2.45, 2.75) is 18.6 Å². The number of carbonyl (C=O) groups is 2. The van der Waals surface area contributed by atoms with Gasteiger partial charge in [0.15, 0.2) is 6.04 Å². The van der Waals surface area contributed by atoms with Gasteiger partial charge in [0, 0.05) is 6.42 Å². The van der Waals surface area contributed by atoms with Gasteiger partial charge >= 0.3 is 5.97 Å². The zero-order chi connectivity index (χ0) is 13.1. The molecule has 2 unspecified atom stereocenters. The monoisotopic (exact) mass is 253 g/mol. The van der Waals surface area contributed by atoms with Gasteiger partial charge in [0.05, 0.1) is 6.10 Å². The molecule has 0 aliphatic carbocycles. The fourth-order valence-electron chi connectivity index (χ4n) is 1.84. The van der Waals surface area contributed by atoms with Crippen molar-refractivity contribution in [3.63, 3.8) is 0 Å². The maximum absolute atomic E-state index is 12.7. The third-order valence-corrected chi connectivity index (χ3v) is 2.73. The van der Waals surface area contributed by atoms with Crippen LogP contribution in [0.4, 0.5) is 4.39 Å². The van der Waals surface area contributed by atoms with Crippen molar-refractivity contribution in [3.8, 4) is 0 Å². The second-order valence-corrected chi connectivity index (χ2v) is 4.06. The number of carboxylic acid groups (broad SMARTS) is 1. The van der Waals surface area contributed by atoms with Crippen LogP contribution in [0.5, 0.6) is 0 Å². The highest BCUT2D eigenvalue weighted by atomic mass is 19.1. The summed E-state index contributed by atoms with van der Waals surface area (Å²) in [7, 11) is 0. The first kappa shape index (κ1) is 12.5. The number of amides is 1. The van der Waals surface area contributed by atoms with Crippen LogP contribution in [-0.4, -0.2) is 35.7 Å². The molecule has 1 amide bonds. The van der Waals surface area contributed by atoms with E-state index in [-0.39, 0.29) is 12.4 Å². The number of aliphatic carboxylic acids is 1. The molecule has 2 N–H and O–H groups in total. The van der Waals surface area contributed by atoms with E-state index in [1.807, 2.05) is 0 Å². The fourth-order valence-corrected chi connectivity index (χ4v) is 1.84. The first-order valence-electron chi connectivity index (χ1n) is 5.44. The van der Waals surface area contributed by atoms with Gasteiger partial charge in [0.25, 0.3) is 0 Å². The molecule has 1 aliphatic heterocycles. The highest BCUT2D eigenvalue weighted by Gasteiger charge is 2.34. The quantitative estimate of drug-likeness (QED) is 0.814. The van der Waals surface area contributed by atoms with Crippen LogP contribution in [-0.2, 0) is 20.7 Å². The smallest absolute Gasteiger partial charge is 0.328 e. The van der Waals surface area contributed by atoms with Crippen LogP contribution in [0.25, 0.3) is 0 Å². The van der Waals surface area contributed by atoms with Crippen molar-refractivity contribution >= 4 is 11.9 Å². The van der Waals surface area contributed by atoms with Gasteiger partial charge in [0.2, 0.25) is 5.91 Å². The van der Waals surface area contributed by atoms with E-state index in [2.05, 4.69) is 5.32 Å². The minimum absolute atomic E-state index is 0.157. The summed E-state index contributed by atoms with van der Waals surface area (Å²) in [4.78, 5) is 22.1. The molecule has 1 aliphatic rings. The molecule has 0 spiro atoms. The lowest BCUT2D eigenvalue weighted by Gasteiger charge is -2.29. The normalized spacial score (nSPS) is 23.5. The molecule has 0 aromatic heterocycles. The van der Waals surface area contributed by atoms with Crippen molar-refractivity contribution in [2.24, 2.45) is 0 Å². The number of nitrogens with one attached hydrogen (secondary N) is 1. The average Bonchev–Trinajstić information content (AvgIpc) is 2.34. The van der Waals surface area contributed by atoms with Gasteiger partial charge in [0.1, 0.15) is 12.4 Å². The zero-order valence-electron chi connectivity index (χ0n) is 9.43. The van der Waals surface area contributed by atoms with E-state index >= 15 is 0 Å². The molecule has 96 valence electrons. The maximum atomic E-state index is 12.7. The first-order chi connectivity index (χ1) is 8.56. The van der Waals surface area contributed by atoms with Crippen LogP contribution in [0, 0.1) is 5.82 Å². The highest BCUT2D eigenvalue weighted by molar-refractivity contribution is 5.85. The summed E-state index contributed by atoms with van der Waals surface area (Å²) in [5.41, 5.74) is 0.754. The van der Waals surface area contributed by atoms with Crippen LogP contribution < -0.4 is 5.32 Å². The van der Waals surface area contributed by atoms with Crippen LogP contribution in [0.3, 0.4) is 0 Å².